The highest BCUT2D eigenvalue weighted by Crippen LogP contribution is 2.29. The number of rotatable bonds is 5. The zero-order valence-electron chi connectivity index (χ0n) is 12.7. The Kier molecular flexibility index (Phi) is 4.44. The van der Waals surface area contributed by atoms with E-state index >= 15 is 0 Å². The van der Waals surface area contributed by atoms with Crippen molar-refractivity contribution in [2.45, 2.75) is 43.9 Å². The second-order valence-corrected chi connectivity index (χ2v) is 7.78. The third-order valence-corrected chi connectivity index (χ3v) is 6.34. The number of sulfonamides is 1. The minimum atomic E-state index is -3.53. The minimum Gasteiger partial charge on any atom is -0.243 e. The SMILES string of the molecule is CCCCC1CCN(S(=O)(=O)c2cccc3nonc23)CC1. The molecule has 2 aromatic rings. The first-order chi connectivity index (χ1) is 10.6. The lowest BCUT2D eigenvalue weighted by molar-refractivity contribution is 0.260. The smallest absolute Gasteiger partial charge is 0.243 e. The van der Waals surface area contributed by atoms with E-state index in [9.17, 15) is 8.42 Å². The molecule has 1 fully saturated rings. The topological polar surface area (TPSA) is 76.3 Å². The number of benzene rings is 1. The molecule has 1 aliphatic heterocycles. The second-order valence-electron chi connectivity index (χ2n) is 5.88. The Labute approximate surface area is 130 Å². The summed E-state index contributed by atoms with van der Waals surface area (Å²) >= 11 is 0. The van der Waals surface area contributed by atoms with Crippen LogP contribution in [0.25, 0.3) is 11.0 Å². The van der Waals surface area contributed by atoms with Crippen LogP contribution >= 0.6 is 0 Å². The molecule has 1 saturated heterocycles. The van der Waals surface area contributed by atoms with Gasteiger partial charge in [-0.3, -0.25) is 0 Å². The Morgan fingerprint density at radius 3 is 2.77 bits per heavy atom. The zero-order chi connectivity index (χ0) is 15.6. The normalized spacial score (nSPS) is 18.0. The van der Waals surface area contributed by atoms with Crippen molar-refractivity contribution in [1.82, 2.24) is 14.6 Å². The number of hydrogen-bond acceptors (Lipinski definition) is 5. The molecule has 6 nitrogen and oxygen atoms in total. The Hall–Kier alpha value is -1.47. The fourth-order valence-electron chi connectivity index (χ4n) is 3.06. The maximum Gasteiger partial charge on any atom is 0.245 e. The van der Waals surface area contributed by atoms with Gasteiger partial charge in [-0.1, -0.05) is 32.3 Å². The Bertz CT molecular complexity index is 733. The van der Waals surface area contributed by atoms with E-state index in [-0.39, 0.29) is 4.90 Å². The molecule has 0 atom stereocenters. The van der Waals surface area contributed by atoms with Crippen LogP contribution in [0.3, 0.4) is 0 Å². The van der Waals surface area contributed by atoms with E-state index in [1.54, 1.807) is 22.5 Å². The van der Waals surface area contributed by atoms with Gasteiger partial charge in [-0.05, 0) is 41.2 Å². The van der Waals surface area contributed by atoms with Crippen molar-refractivity contribution in [1.29, 1.82) is 0 Å². The number of unbranched alkanes of at least 4 members (excludes halogenated alkanes) is 1. The first-order valence-corrected chi connectivity index (χ1v) is 9.28. The highest BCUT2D eigenvalue weighted by molar-refractivity contribution is 7.89. The summed E-state index contributed by atoms with van der Waals surface area (Å²) in [7, 11) is -3.53. The summed E-state index contributed by atoms with van der Waals surface area (Å²) in [5, 5.41) is 7.46. The van der Waals surface area contributed by atoms with Gasteiger partial charge in [-0.2, -0.15) is 4.31 Å². The molecule has 2 heterocycles. The summed E-state index contributed by atoms with van der Waals surface area (Å²) in [6, 6.07) is 4.94. The van der Waals surface area contributed by atoms with Gasteiger partial charge in [-0.15, -0.1) is 0 Å². The van der Waals surface area contributed by atoms with Crippen LogP contribution in [0, 0.1) is 5.92 Å². The predicted octanol–water partition coefficient (Wildman–Crippen LogP) is 2.81. The maximum absolute atomic E-state index is 12.8. The van der Waals surface area contributed by atoms with Crippen LogP contribution in [0.5, 0.6) is 0 Å². The third kappa shape index (κ3) is 2.87. The van der Waals surface area contributed by atoms with Crippen molar-refractivity contribution < 1.29 is 13.0 Å². The molecule has 1 aromatic heterocycles. The molecule has 120 valence electrons. The zero-order valence-corrected chi connectivity index (χ0v) is 13.6. The average molecular weight is 323 g/mol. The number of aromatic nitrogens is 2. The van der Waals surface area contributed by atoms with Gasteiger partial charge in [0.05, 0.1) is 0 Å². The van der Waals surface area contributed by atoms with Gasteiger partial charge in [0.2, 0.25) is 10.0 Å². The van der Waals surface area contributed by atoms with Crippen LogP contribution in [0.2, 0.25) is 0 Å². The molecule has 0 aliphatic carbocycles. The largest absolute Gasteiger partial charge is 0.245 e. The lowest BCUT2D eigenvalue weighted by Crippen LogP contribution is -2.38. The second kappa shape index (κ2) is 6.34. The van der Waals surface area contributed by atoms with E-state index in [0.717, 1.165) is 12.8 Å². The van der Waals surface area contributed by atoms with Gasteiger partial charge in [0.15, 0.2) is 5.52 Å². The maximum atomic E-state index is 12.8. The van der Waals surface area contributed by atoms with Crippen molar-refractivity contribution in [3.05, 3.63) is 18.2 Å². The Morgan fingerprint density at radius 1 is 1.27 bits per heavy atom. The number of nitrogens with zero attached hydrogens (tertiary/aromatic N) is 3. The van der Waals surface area contributed by atoms with Crippen molar-refractivity contribution in [3.8, 4) is 0 Å². The van der Waals surface area contributed by atoms with Crippen LogP contribution in [-0.4, -0.2) is 36.1 Å². The fourth-order valence-corrected chi connectivity index (χ4v) is 4.67. The number of piperidine rings is 1. The Balaban J connectivity index is 1.78. The van der Waals surface area contributed by atoms with Crippen molar-refractivity contribution in [2.24, 2.45) is 5.92 Å². The molecule has 0 spiro atoms. The molecule has 0 unspecified atom stereocenters. The van der Waals surface area contributed by atoms with Crippen LogP contribution in [0.15, 0.2) is 27.7 Å². The third-order valence-electron chi connectivity index (χ3n) is 4.41. The van der Waals surface area contributed by atoms with Gasteiger partial charge >= 0.3 is 0 Å². The lowest BCUT2D eigenvalue weighted by Gasteiger charge is -2.31. The van der Waals surface area contributed by atoms with Gasteiger partial charge < -0.3 is 0 Å². The molecule has 1 aliphatic rings. The molecule has 7 heteroatoms. The summed E-state index contributed by atoms with van der Waals surface area (Å²) in [5.41, 5.74) is 0.787. The summed E-state index contributed by atoms with van der Waals surface area (Å²) < 4.78 is 31.9. The average Bonchev–Trinajstić information content (AvgIpc) is 3.01. The summed E-state index contributed by atoms with van der Waals surface area (Å²) in [6.45, 7) is 3.35. The molecule has 0 bridgehead atoms. The van der Waals surface area contributed by atoms with Crippen molar-refractivity contribution in [2.75, 3.05) is 13.1 Å². The Morgan fingerprint density at radius 2 is 2.05 bits per heavy atom. The molecule has 0 saturated carbocycles. The molecule has 3 rings (SSSR count). The van der Waals surface area contributed by atoms with E-state index in [1.165, 1.54) is 19.3 Å². The molecular formula is C15H21N3O3S. The molecular weight excluding hydrogens is 302 g/mol. The van der Waals surface area contributed by atoms with E-state index in [0.29, 0.717) is 30.0 Å². The lowest BCUT2D eigenvalue weighted by atomic mass is 9.93. The number of fused-ring (bicyclic) bond motifs is 1. The van der Waals surface area contributed by atoms with Crippen LogP contribution < -0.4 is 0 Å². The first-order valence-electron chi connectivity index (χ1n) is 7.84. The van der Waals surface area contributed by atoms with E-state index < -0.39 is 10.0 Å². The monoisotopic (exact) mass is 323 g/mol. The van der Waals surface area contributed by atoms with Crippen molar-refractivity contribution >= 4 is 21.1 Å². The fraction of sp³-hybridized carbons (Fsp3) is 0.600. The molecule has 0 amide bonds. The quantitative estimate of drug-likeness (QED) is 0.845. The summed E-state index contributed by atoms with van der Waals surface area (Å²) in [4.78, 5) is 0.193. The van der Waals surface area contributed by atoms with Gasteiger partial charge in [0.1, 0.15) is 10.4 Å². The van der Waals surface area contributed by atoms with E-state index in [4.69, 9.17) is 0 Å². The number of hydrogen-bond donors (Lipinski definition) is 0. The molecule has 0 radical (unpaired) electrons. The van der Waals surface area contributed by atoms with Crippen LogP contribution in [0.4, 0.5) is 0 Å². The van der Waals surface area contributed by atoms with Gasteiger partial charge in [0, 0.05) is 13.1 Å². The van der Waals surface area contributed by atoms with E-state index in [1.807, 2.05) is 0 Å². The molecule has 1 aromatic carbocycles. The van der Waals surface area contributed by atoms with Gasteiger partial charge in [-0.25, -0.2) is 13.0 Å². The van der Waals surface area contributed by atoms with E-state index in [2.05, 4.69) is 21.9 Å². The standard InChI is InChI=1S/C15H21N3O3S/c1-2-3-5-12-8-10-18(11-9-12)22(19,20)14-7-4-6-13-15(14)17-21-16-13/h4,6-7,12H,2-3,5,8-11H2,1H3. The summed E-state index contributed by atoms with van der Waals surface area (Å²) in [6.07, 6.45) is 5.49. The van der Waals surface area contributed by atoms with Crippen molar-refractivity contribution in [3.63, 3.8) is 0 Å². The van der Waals surface area contributed by atoms with Gasteiger partial charge in [0.25, 0.3) is 0 Å². The predicted molar refractivity (Wildman–Crippen MR) is 82.8 cm³/mol. The first kappa shape index (κ1) is 15.4. The highest BCUT2D eigenvalue weighted by atomic mass is 32.2. The minimum absolute atomic E-state index is 0.193. The molecule has 0 N–H and O–H groups in total. The van der Waals surface area contributed by atoms with Crippen LogP contribution in [0.1, 0.15) is 39.0 Å². The summed E-state index contributed by atoms with van der Waals surface area (Å²) in [5.74, 6) is 0.649. The molecule has 22 heavy (non-hydrogen) atoms. The highest BCUT2D eigenvalue weighted by Gasteiger charge is 2.31. The van der Waals surface area contributed by atoms with Crippen LogP contribution in [-0.2, 0) is 10.0 Å².